The summed E-state index contributed by atoms with van der Waals surface area (Å²) in [6.07, 6.45) is 0. The van der Waals surface area contributed by atoms with E-state index in [1.165, 1.54) is 0 Å². The smallest absolute Gasteiger partial charge is 0.429 e. The van der Waals surface area contributed by atoms with Gasteiger partial charge in [0.25, 0.3) is 0 Å². The molecule has 4 nitrogen and oxygen atoms in total. The molecule has 5 heteroatoms. The largest absolute Gasteiger partial charge is 0.482 e. The van der Waals surface area contributed by atoms with Crippen LogP contribution in [0.1, 0.15) is 0 Å². The van der Waals surface area contributed by atoms with Gasteiger partial charge in [0.2, 0.25) is 0 Å². The van der Waals surface area contributed by atoms with Gasteiger partial charge in [0, 0.05) is 0 Å². The quantitative estimate of drug-likeness (QED) is 0.396. The first-order valence-corrected chi connectivity index (χ1v) is 2.67. The summed E-state index contributed by atoms with van der Waals surface area (Å²) in [5.41, 5.74) is 0. The Morgan fingerprint density at radius 1 is 0.889 bits per heavy atom. The average Bonchev–Trinajstić information content (AvgIpc) is 1.93. The van der Waals surface area contributed by atoms with Gasteiger partial charge >= 0.3 is 7.69 Å². The van der Waals surface area contributed by atoms with Crippen molar-refractivity contribution in [1.29, 1.82) is 0 Å². The van der Waals surface area contributed by atoms with Crippen molar-refractivity contribution in [3.05, 3.63) is 0 Å². The van der Waals surface area contributed by atoms with Crippen LogP contribution in [0, 0.1) is 0 Å². The van der Waals surface area contributed by atoms with Gasteiger partial charge in [0.05, 0.1) is 26.4 Å². The fourth-order valence-electron chi connectivity index (χ4n) is 0.440. The van der Waals surface area contributed by atoms with Crippen LogP contribution >= 0.6 is 0 Å². The zero-order valence-corrected chi connectivity index (χ0v) is 5.12. The van der Waals surface area contributed by atoms with E-state index in [9.17, 15) is 0 Å². The van der Waals surface area contributed by atoms with E-state index in [0.29, 0.717) is 0 Å². The normalized spacial score (nSPS) is 17.6. The predicted molar refractivity (Wildman–Crippen MR) is 31.8 cm³/mol. The Labute approximate surface area is 54.7 Å². The van der Waals surface area contributed by atoms with Crippen molar-refractivity contribution in [1.82, 2.24) is 0 Å². The highest BCUT2D eigenvalue weighted by Crippen LogP contribution is 1.85. The molecule has 1 radical (unpaired) electrons. The van der Waals surface area contributed by atoms with E-state index < -0.39 is 0 Å². The Hall–Kier alpha value is -0.0951. The Balaban J connectivity index is 0.000000187. The van der Waals surface area contributed by atoms with Gasteiger partial charge in [-0.05, 0) is 0 Å². The van der Waals surface area contributed by atoms with E-state index in [1.807, 2.05) is 0 Å². The van der Waals surface area contributed by atoms with Gasteiger partial charge in [-0.15, -0.1) is 0 Å². The van der Waals surface area contributed by atoms with Crippen molar-refractivity contribution in [2.24, 2.45) is 0 Å². The minimum atomic E-state index is 0. The standard InChI is InChI=1S/C4H8O2.BH2O2/c1-2-6-4-3-5-1;2-1-3/h1-4H2;2-3H. The maximum absolute atomic E-state index is 7.00. The van der Waals surface area contributed by atoms with Crippen molar-refractivity contribution in [3.63, 3.8) is 0 Å². The summed E-state index contributed by atoms with van der Waals surface area (Å²) in [6, 6.07) is 0. The predicted octanol–water partition coefficient (Wildman–Crippen LogP) is -1.46. The molecule has 9 heavy (non-hydrogen) atoms. The van der Waals surface area contributed by atoms with Crippen LogP contribution in [0.25, 0.3) is 0 Å². The van der Waals surface area contributed by atoms with Gasteiger partial charge in [-0.2, -0.15) is 0 Å². The molecule has 1 fully saturated rings. The van der Waals surface area contributed by atoms with Crippen molar-refractivity contribution < 1.29 is 19.5 Å². The van der Waals surface area contributed by atoms with Gasteiger partial charge in [0.15, 0.2) is 0 Å². The monoisotopic (exact) mass is 133 g/mol. The summed E-state index contributed by atoms with van der Waals surface area (Å²) in [6.45, 7) is 3.11. The molecule has 0 spiro atoms. The molecule has 1 aliphatic rings. The molecule has 0 aromatic rings. The molecule has 1 heterocycles. The minimum Gasteiger partial charge on any atom is -0.429 e. The SMILES string of the molecule is C1COCCO1.O[B]O. The summed E-state index contributed by atoms with van der Waals surface area (Å²) in [5.74, 6) is 0. The van der Waals surface area contributed by atoms with E-state index in [-0.39, 0.29) is 7.69 Å². The van der Waals surface area contributed by atoms with E-state index in [4.69, 9.17) is 19.5 Å². The molecule has 0 aliphatic carbocycles. The van der Waals surface area contributed by atoms with E-state index in [1.54, 1.807) is 0 Å². The van der Waals surface area contributed by atoms with Gasteiger partial charge < -0.3 is 19.5 Å². The number of hydrogen-bond donors (Lipinski definition) is 2. The lowest BCUT2D eigenvalue weighted by atomic mass is 10.5. The number of ether oxygens (including phenoxy) is 2. The van der Waals surface area contributed by atoms with Crippen molar-refractivity contribution in [2.45, 2.75) is 0 Å². The van der Waals surface area contributed by atoms with Gasteiger partial charge in [-0.25, -0.2) is 0 Å². The molecule has 2 N–H and O–H groups in total. The summed E-state index contributed by atoms with van der Waals surface area (Å²) >= 11 is 0. The third-order valence-electron chi connectivity index (χ3n) is 0.744. The lowest BCUT2D eigenvalue weighted by Crippen LogP contribution is -2.16. The molecule has 0 saturated carbocycles. The molecule has 1 aliphatic heterocycles. The third-order valence-corrected chi connectivity index (χ3v) is 0.744. The van der Waals surface area contributed by atoms with Crippen LogP contribution in [-0.4, -0.2) is 44.2 Å². The Bertz CT molecular complexity index is 36.3. The molecule has 0 amide bonds. The highest BCUT2D eigenvalue weighted by atomic mass is 16.6. The molecule has 53 valence electrons. The van der Waals surface area contributed by atoms with Crippen LogP contribution in [0.4, 0.5) is 0 Å². The summed E-state index contributed by atoms with van der Waals surface area (Å²) in [7, 11) is 0. The first-order valence-electron chi connectivity index (χ1n) is 2.67. The second-order valence-corrected chi connectivity index (χ2v) is 1.34. The van der Waals surface area contributed by atoms with Gasteiger partial charge in [-0.1, -0.05) is 0 Å². The molecule has 0 unspecified atom stereocenters. The van der Waals surface area contributed by atoms with Crippen molar-refractivity contribution in [3.8, 4) is 0 Å². The maximum Gasteiger partial charge on any atom is 0.482 e. The Kier molecular flexibility index (Phi) is 7.82. The zero-order chi connectivity index (χ0) is 6.95. The first-order chi connectivity index (χ1) is 4.41. The Morgan fingerprint density at radius 2 is 1.11 bits per heavy atom. The number of hydrogen-bond acceptors (Lipinski definition) is 4. The molecule has 1 saturated heterocycles. The highest BCUT2D eigenvalue weighted by Gasteiger charge is 1.94. The summed E-state index contributed by atoms with van der Waals surface area (Å²) in [4.78, 5) is 0. The second-order valence-electron chi connectivity index (χ2n) is 1.34. The number of rotatable bonds is 0. The fourth-order valence-corrected chi connectivity index (χ4v) is 0.440. The van der Waals surface area contributed by atoms with E-state index in [2.05, 4.69) is 0 Å². The molecule has 0 aromatic heterocycles. The van der Waals surface area contributed by atoms with Crippen LogP contribution in [-0.2, 0) is 9.47 Å². The van der Waals surface area contributed by atoms with Crippen LogP contribution in [0.5, 0.6) is 0 Å². The van der Waals surface area contributed by atoms with E-state index in [0.717, 1.165) is 26.4 Å². The fraction of sp³-hybridized carbons (Fsp3) is 1.00. The second kappa shape index (κ2) is 7.90. The van der Waals surface area contributed by atoms with E-state index >= 15 is 0 Å². The van der Waals surface area contributed by atoms with Crippen LogP contribution < -0.4 is 0 Å². The molecule has 0 aromatic carbocycles. The third kappa shape index (κ3) is 7.90. The van der Waals surface area contributed by atoms with Crippen molar-refractivity contribution >= 4 is 7.69 Å². The van der Waals surface area contributed by atoms with Gasteiger partial charge in [-0.3, -0.25) is 0 Å². The van der Waals surface area contributed by atoms with Gasteiger partial charge in [0.1, 0.15) is 0 Å². The topological polar surface area (TPSA) is 58.9 Å². The lowest BCUT2D eigenvalue weighted by Gasteiger charge is -2.09. The molecule has 1 rings (SSSR count). The molecular weight excluding hydrogens is 123 g/mol. The molecule has 0 bridgehead atoms. The minimum absolute atomic E-state index is 0. The van der Waals surface area contributed by atoms with Crippen LogP contribution in [0.2, 0.25) is 0 Å². The zero-order valence-electron chi connectivity index (χ0n) is 5.12. The van der Waals surface area contributed by atoms with Crippen LogP contribution in [0.3, 0.4) is 0 Å². The lowest BCUT2D eigenvalue weighted by molar-refractivity contribution is -0.0334. The maximum atomic E-state index is 7.00. The Morgan fingerprint density at radius 3 is 1.22 bits per heavy atom. The molecule has 0 atom stereocenters. The molecular formula is C4H10BO4. The summed E-state index contributed by atoms with van der Waals surface area (Å²) < 4.78 is 9.89. The summed E-state index contributed by atoms with van der Waals surface area (Å²) in [5, 5.41) is 14.0. The first kappa shape index (κ1) is 8.90. The van der Waals surface area contributed by atoms with Crippen LogP contribution in [0.15, 0.2) is 0 Å². The van der Waals surface area contributed by atoms with Crippen molar-refractivity contribution in [2.75, 3.05) is 26.4 Å². The highest BCUT2D eigenvalue weighted by molar-refractivity contribution is 6.13. The average molecular weight is 133 g/mol.